The molecule has 116 valence electrons. The molecule has 6 heteroatoms. The van der Waals surface area contributed by atoms with Gasteiger partial charge in [0.05, 0.1) is 17.3 Å². The van der Waals surface area contributed by atoms with Crippen LogP contribution in [0.2, 0.25) is 5.02 Å². The Balaban J connectivity index is 1.66. The van der Waals surface area contributed by atoms with E-state index in [0.29, 0.717) is 17.1 Å². The van der Waals surface area contributed by atoms with Gasteiger partial charge in [-0.25, -0.2) is 4.79 Å². The first kappa shape index (κ1) is 14.2. The minimum atomic E-state index is -0.917. The number of nitrogens with zero attached hydrogens (tertiary/aromatic N) is 2. The molecule has 1 spiro atoms. The Bertz CT molecular complexity index is 806. The van der Waals surface area contributed by atoms with Crippen LogP contribution in [-0.2, 0) is 23.3 Å². The number of rotatable bonds is 2. The van der Waals surface area contributed by atoms with Gasteiger partial charge in [-0.05, 0) is 36.1 Å². The molecule has 2 aromatic rings. The first-order chi connectivity index (χ1) is 11.1. The fourth-order valence-corrected chi connectivity index (χ4v) is 3.51. The molecule has 0 bridgehead atoms. The van der Waals surface area contributed by atoms with Gasteiger partial charge in [-0.3, -0.25) is 14.7 Å². The number of amides is 3. The van der Waals surface area contributed by atoms with Crippen LogP contribution in [0.1, 0.15) is 23.2 Å². The highest BCUT2D eigenvalue weighted by Gasteiger charge is 2.55. The van der Waals surface area contributed by atoms with Gasteiger partial charge in [-0.1, -0.05) is 35.9 Å². The zero-order chi connectivity index (χ0) is 16.0. The largest absolute Gasteiger partial charge is 0.325 e. The summed E-state index contributed by atoms with van der Waals surface area (Å²) in [5.74, 6) is -0.204. The van der Waals surface area contributed by atoms with E-state index in [0.717, 1.165) is 17.5 Å². The van der Waals surface area contributed by atoms with Gasteiger partial charge in [0.25, 0.3) is 5.91 Å². The van der Waals surface area contributed by atoms with E-state index in [1.54, 1.807) is 12.1 Å². The predicted octanol–water partition coefficient (Wildman–Crippen LogP) is 2.63. The molecule has 0 radical (unpaired) electrons. The Kier molecular flexibility index (Phi) is 3.13. The third-order valence-electron chi connectivity index (χ3n) is 4.53. The topological polar surface area (TPSA) is 62.3 Å². The van der Waals surface area contributed by atoms with Gasteiger partial charge < -0.3 is 5.32 Å². The number of carbonyl (C=O) groups is 2. The van der Waals surface area contributed by atoms with Gasteiger partial charge in [-0.2, -0.15) is 0 Å². The fourth-order valence-electron chi connectivity index (χ4n) is 3.40. The molecule has 1 aromatic carbocycles. The number of urea groups is 1. The third kappa shape index (κ3) is 2.11. The number of benzene rings is 1. The number of aromatic nitrogens is 1. The molecule has 1 saturated heterocycles. The lowest BCUT2D eigenvalue weighted by atomic mass is 9.92. The maximum Gasteiger partial charge on any atom is 0.325 e. The highest BCUT2D eigenvalue weighted by atomic mass is 35.5. The molecule has 5 nitrogen and oxygen atoms in total. The first-order valence-electron chi connectivity index (χ1n) is 7.43. The molecule has 1 aliphatic heterocycles. The van der Waals surface area contributed by atoms with Gasteiger partial charge in [0, 0.05) is 6.20 Å². The Hall–Kier alpha value is -2.40. The molecule has 3 amide bonds. The maximum atomic E-state index is 13.0. The molecule has 1 aromatic heterocycles. The minimum Gasteiger partial charge on any atom is -0.319 e. The van der Waals surface area contributed by atoms with E-state index in [4.69, 9.17) is 11.6 Å². The molecule has 1 aliphatic carbocycles. The monoisotopic (exact) mass is 327 g/mol. The van der Waals surface area contributed by atoms with E-state index in [1.807, 2.05) is 24.3 Å². The molecule has 1 fully saturated rings. The molecule has 2 aliphatic rings. The van der Waals surface area contributed by atoms with E-state index < -0.39 is 5.54 Å². The average Bonchev–Trinajstić information content (AvgIpc) is 3.04. The number of hydrogen-bond acceptors (Lipinski definition) is 3. The van der Waals surface area contributed by atoms with Crippen LogP contribution in [0.15, 0.2) is 42.6 Å². The van der Waals surface area contributed by atoms with Crippen molar-refractivity contribution in [2.45, 2.75) is 24.9 Å². The molecule has 23 heavy (non-hydrogen) atoms. The standard InChI is InChI=1S/C17H14ClN3O2/c18-12-5-6-13(19-9-12)10-21-15(22)17(20-16(21)23)8-7-11-3-1-2-4-14(11)17/h1-6,9H,7-8,10H2,(H,20,23)/t17-/m1/s1. The van der Waals surface area contributed by atoms with Crippen molar-refractivity contribution in [3.63, 3.8) is 0 Å². The van der Waals surface area contributed by atoms with E-state index in [2.05, 4.69) is 10.3 Å². The number of carbonyl (C=O) groups excluding carboxylic acids is 2. The van der Waals surface area contributed by atoms with Crippen LogP contribution in [0.5, 0.6) is 0 Å². The van der Waals surface area contributed by atoms with E-state index in [-0.39, 0.29) is 18.5 Å². The van der Waals surface area contributed by atoms with Gasteiger partial charge in [0.15, 0.2) is 0 Å². The van der Waals surface area contributed by atoms with Crippen molar-refractivity contribution < 1.29 is 9.59 Å². The summed E-state index contributed by atoms with van der Waals surface area (Å²) >= 11 is 5.82. The average molecular weight is 328 g/mol. The van der Waals surface area contributed by atoms with Gasteiger partial charge in [-0.15, -0.1) is 0 Å². The SMILES string of the molecule is O=C1N[C@@]2(CCc3ccccc32)C(=O)N1Cc1ccc(Cl)cn1. The van der Waals surface area contributed by atoms with Crippen LogP contribution in [-0.4, -0.2) is 21.8 Å². The summed E-state index contributed by atoms with van der Waals surface area (Å²) < 4.78 is 0. The van der Waals surface area contributed by atoms with Crippen molar-refractivity contribution in [1.29, 1.82) is 0 Å². The van der Waals surface area contributed by atoms with Gasteiger partial charge >= 0.3 is 6.03 Å². The number of hydrogen-bond donors (Lipinski definition) is 1. The summed E-state index contributed by atoms with van der Waals surface area (Å²) in [6.45, 7) is 0.145. The highest BCUT2D eigenvalue weighted by Crippen LogP contribution is 2.41. The number of imide groups is 1. The van der Waals surface area contributed by atoms with Crippen molar-refractivity contribution in [3.05, 3.63) is 64.4 Å². The third-order valence-corrected chi connectivity index (χ3v) is 4.75. The van der Waals surface area contributed by atoms with Crippen molar-refractivity contribution in [3.8, 4) is 0 Å². The van der Waals surface area contributed by atoms with Crippen LogP contribution < -0.4 is 5.32 Å². The Morgan fingerprint density at radius 3 is 2.83 bits per heavy atom. The van der Waals surface area contributed by atoms with E-state index in [1.165, 1.54) is 11.1 Å². The summed E-state index contributed by atoms with van der Waals surface area (Å²) in [7, 11) is 0. The number of pyridine rings is 1. The zero-order valence-electron chi connectivity index (χ0n) is 12.3. The molecule has 0 unspecified atom stereocenters. The zero-order valence-corrected chi connectivity index (χ0v) is 13.0. The summed E-state index contributed by atoms with van der Waals surface area (Å²) in [6.07, 6.45) is 2.90. The van der Waals surface area contributed by atoms with Crippen molar-refractivity contribution in [2.24, 2.45) is 0 Å². The molecule has 1 atom stereocenters. The molecular weight excluding hydrogens is 314 g/mol. The molecule has 2 heterocycles. The maximum absolute atomic E-state index is 13.0. The summed E-state index contributed by atoms with van der Waals surface area (Å²) in [6, 6.07) is 10.8. The second-order valence-corrected chi connectivity index (χ2v) is 6.29. The van der Waals surface area contributed by atoms with Crippen LogP contribution in [0.4, 0.5) is 4.79 Å². The van der Waals surface area contributed by atoms with E-state index >= 15 is 0 Å². The number of nitrogens with one attached hydrogen (secondary N) is 1. The summed E-state index contributed by atoms with van der Waals surface area (Å²) in [4.78, 5) is 30.7. The Morgan fingerprint density at radius 2 is 2.04 bits per heavy atom. The lowest BCUT2D eigenvalue weighted by molar-refractivity contribution is -0.132. The highest BCUT2D eigenvalue weighted by molar-refractivity contribution is 6.30. The summed E-state index contributed by atoms with van der Waals surface area (Å²) in [5.41, 5.74) is 1.74. The van der Waals surface area contributed by atoms with Crippen LogP contribution >= 0.6 is 11.6 Å². The molecule has 0 saturated carbocycles. The molecule has 4 rings (SSSR count). The predicted molar refractivity (Wildman–Crippen MR) is 84.8 cm³/mol. The molecular formula is C17H14ClN3O2. The van der Waals surface area contributed by atoms with Gasteiger partial charge in [0.1, 0.15) is 5.54 Å². The second kappa shape index (κ2) is 5.06. The Morgan fingerprint density at radius 1 is 1.22 bits per heavy atom. The normalized spacial score (nSPS) is 22.6. The number of halogens is 1. The van der Waals surface area contributed by atoms with Crippen LogP contribution in [0, 0.1) is 0 Å². The van der Waals surface area contributed by atoms with Crippen molar-refractivity contribution in [1.82, 2.24) is 15.2 Å². The first-order valence-corrected chi connectivity index (χ1v) is 7.81. The quantitative estimate of drug-likeness (QED) is 0.862. The minimum absolute atomic E-state index is 0.145. The lowest BCUT2D eigenvalue weighted by Gasteiger charge is -2.22. The number of fused-ring (bicyclic) bond motifs is 2. The van der Waals surface area contributed by atoms with Crippen molar-refractivity contribution >= 4 is 23.5 Å². The second-order valence-electron chi connectivity index (χ2n) is 5.85. The Labute approximate surface area is 138 Å². The van der Waals surface area contributed by atoms with Crippen LogP contribution in [0.3, 0.4) is 0 Å². The van der Waals surface area contributed by atoms with E-state index in [9.17, 15) is 9.59 Å². The summed E-state index contributed by atoms with van der Waals surface area (Å²) in [5, 5.41) is 3.42. The van der Waals surface area contributed by atoms with Crippen molar-refractivity contribution in [2.75, 3.05) is 0 Å². The van der Waals surface area contributed by atoms with Gasteiger partial charge in [0.2, 0.25) is 0 Å². The van der Waals surface area contributed by atoms with Crippen LogP contribution in [0.25, 0.3) is 0 Å². The fraction of sp³-hybridized carbons (Fsp3) is 0.235. The number of aryl methyl sites for hydroxylation is 1. The lowest BCUT2D eigenvalue weighted by Crippen LogP contribution is -2.41. The molecule has 1 N–H and O–H groups in total. The smallest absolute Gasteiger partial charge is 0.319 e.